The van der Waals surface area contributed by atoms with Crippen molar-refractivity contribution < 1.29 is 24.1 Å². The summed E-state index contributed by atoms with van der Waals surface area (Å²) < 4.78 is 17.7. The minimum atomic E-state index is -0.837. The van der Waals surface area contributed by atoms with Crippen molar-refractivity contribution in [3.8, 4) is 23.1 Å². The van der Waals surface area contributed by atoms with E-state index in [4.69, 9.17) is 30.9 Å². The highest BCUT2D eigenvalue weighted by Gasteiger charge is 2.14. The second kappa shape index (κ2) is 11.6. The summed E-state index contributed by atoms with van der Waals surface area (Å²) in [6.45, 7) is 4.32. The predicted octanol–water partition coefficient (Wildman–Crippen LogP) is 6.25. The van der Waals surface area contributed by atoms with Crippen LogP contribution < -0.4 is 14.2 Å². The third-order valence-electron chi connectivity index (χ3n) is 4.36. The molecule has 0 unspecified atom stereocenters. The van der Waals surface area contributed by atoms with Crippen LogP contribution in [0.2, 0.25) is 5.02 Å². The van der Waals surface area contributed by atoms with E-state index in [-0.39, 0.29) is 11.9 Å². The molecule has 0 amide bonds. The van der Waals surface area contributed by atoms with E-state index in [0.29, 0.717) is 35.4 Å². The molecule has 6 nitrogen and oxygen atoms in total. The van der Waals surface area contributed by atoms with Gasteiger partial charge in [0, 0.05) is 23.6 Å². The number of hydrogen-bond acceptors (Lipinski definition) is 6. The number of carboxylic acids is 1. The lowest BCUT2D eigenvalue weighted by Crippen LogP contribution is -2.17. The van der Waals surface area contributed by atoms with Crippen molar-refractivity contribution in [3.05, 3.63) is 71.4 Å². The van der Waals surface area contributed by atoms with Gasteiger partial charge in [0.2, 0.25) is 0 Å². The summed E-state index contributed by atoms with van der Waals surface area (Å²) in [7, 11) is 0. The van der Waals surface area contributed by atoms with Crippen LogP contribution in [0.25, 0.3) is 0 Å². The molecule has 0 aliphatic heterocycles. The molecule has 2 aromatic carbocycles. The molecule has 3 rings (SSSR count). The Hall–Kier alpha value is -2.90. The van der Waals surface area contributed by atoms with Crippen molar-refractivity contribution in [1.82, 2.24) is 4.98 Å². The summed E-state index contributed by atoms with van der Waals surface area (Å²) >= 11 is 7.37. The number of aromatic nitrogens is 1. The fraction of sp³-hybridized carbons (Fsp3) is 0.250. The number of halogens is 1. The zero-order valence-electron chi connectivity index (χ0n) is 17.8. The highest BCUT2D eigenvalue weighted by molar-refractivity contribution is 8.00. The van der Waals surface area contributed by atoms with E-state index in [2.05, 4.69) is 4.98 Å². The number of benzene rings is 2. The molecule has 0 spiro atoms. The number of hydrogen-bond donors (Lipinski definition) is 1. The fourth-order valence-electron chi connectivity index (χ4n) is 2.79. The normalized spacial score (nSPS) is 11.6. The number of carbonyl (C=O) groups is 1. The molecule has 1 aromatic heterocycles. The molecular weight excluding hydrogens is 450 g/mol. The highest BCUT2D eigenvalue weighted by atomic mass is 35.5. The molecule has 1 heterocycles. The van der Waals surface area contributed by atoms with Crippen molar-refractivity contribution in [2.24, 2.45) is 0 Å². The van der Waals surface area contributed by atoms with Gasteiger partial charge in [-0.05, 0) is 49.7 Å². The van der Waals surface area contributed by atoms with Crippen LogP contribution in [-0.2, 0) is 4.79 Å². The Labute approximate surface area is 196 Å². The molecule has 168 valence electrons. The van der Waals surface area contributed by atoms with Gasteiger partial charge in [0.25, 0.3) is 5.88 Å². The van der Waals surface area contributed by atoms with Crippen molar-refractivity contribution in [2.75, 3.05) is 12.4 Å². The van der Waals surface area contributed by atoms with E-state index in [9.17, 15) is 4.79 Å². The van der Waals surface area contributed by atoms with Crippen molar-refractivity contribution in [1.29, 1.82) is 0 Å². The second-order valence-electron chi connectivity index (χ2n) is 7.05. The van der Waals surface area contributed by atoms with Crippen LogP contribution in [-0.4, -0.2) is 34.5 Å². The average molecular weight is 474 g/mol. The van der Waals surface area contributed by atoms with Gasteiger partial charge < -0.3 is 19.3 Å². The first kappa shape index (κ1) is 23.8. The monoisotopic (exact) mass is 473 g/mol. The van der Waals surface area contributed by atoms with Crippen LogP contribution >= 0.6 is 23.4 Å². The lowest BCUT2D eigenvalue weighted by Gasteiger charge is -2.17. The number of aliphatic carboxylic acids is 1. The van der Waals surface area contributed by atoms with Crippen molar-refractivity contribution in [3.63, 3.8) is 0 Å². The topological polar surface area (TPSA) is 77.9 Å². The van der Waals surface area contributed by atoms with Gasteiger partial charge in [-0.25, -0.2) is 4.98 Å². The maximum atomic E-state index is 10.7. The van der Waals surface area contributed by atoms with Gasteiger partial charge in [-0.3, -0.25) is 4.79 Å². The molecule has 3 aromatic rings. The van der Waals surface area contributed by atoms with Gasteiger partial charge in [0.15, 0.2) is 5.75 Å². The van der Waals surface area contributed by atoms with Crippen LogP contribution in [0.4, 0.5) is 0 Å². The van der Waals surface area contributed by atoms with E-state index < -0.39 is 5.97 Å². The summed E-state index contributed by atoms with van der Waals surface area (Å²) in [5.74, 6) is 1.40. The van der Waals surface area contributed by atoms with Crippen LogP contribution in [0.5, 0.6) is 23.1 Å². The van der Waals surface area contributed by atoms with Crippen LogP contribution in [0.3, 0.4) is 0 Å². The maximum Gasteiger partial charge on any atom is 0.313 e. The van der Waals surface area contributed by atoms with Gasteiger partial charge in [-0.2, -0.15) is 0 Å². The number of carboxylic acid groups (broad SMARTS) is 1. The molecule has 0 aliphatic carbocycles. The quantitative estimate of drug-likeness (QED) is 0.330. The number of thioether (sulfide) groups is 1. The van der Waals surface area contributed by atoms with Gasteiger partial charge in [-0.15, -0.1) is 11.8 Å². The largest absolute Gasteiger partial charge is 0.493 e. The molecule has 0 bridgehead atoms. The first-order valence-corrected chi connectivity index (χ1v) is 11.4. The first-order valence-electron chi connectivity index (χ1n) is 10.0. The highest BCUT2D eigenvalue weighted by Crippen LogP contribution is 2.33. The number of aryl methyl sites for hydroxylation is 1. The Morgan fingerprint density at radius 2 is 1.94 bits per heavy atom. The summed E-state index contributed by atoms with van der Waals surface area (Å²) in [6, 6.07) is 16.7. The smallest absolute Gasteiger partial charge is 0.313 e. The molecule has 0 radical (unpaired) electrons. The number of rotatable bonds is 11. The zero-order chi connectivity index (χ0) is 22.9. The number of nitrogens with zero attached hydrogens (tertiary/aromatic N) is 1. The first-order chi connectivity index (χ1) is 15.4. The zero-order valence-corrected chi connectivity index (χ0v) is 19.4. The molecule has 0 fully saturated rings. The lowest BCUT2D eigenvalue weighted by atomic mass is 10.2. The Morgan fingerprint density at radius 1 is 1.16 bits per heavy atom. The SMILES string of the molecule is Cc1cc(OCC[C@@H](C)Oc2ncc(Cl)cc2Oc2ccccc2)ccc1SCC(=O)O. The Morgan fingerprint density at radius 3 is 2.66 bits per heavy atom. The summed E-state index contributed by atoms with van der Waals surface area (Å²) in [4.78, 5) is 15.9. The lowest BCUT2D eigenvalue weighted by molar-refractivity contribution is -0.133. The molecular formula is C24H24ClNO5S. The molecule has 1 atom stereocenters. The van der Waals surface area contributed by atoms with Gasteiger partial charge in [0.05, 0.1) is 17.4 Å². The van der Waals surface area contributed by atoms with Gasteiger partial charge in [-0.1, -0.05) is 29.8 Å². The fourth-order valence-corrected chi connectivity index (χ4v) is 3.67. The van der Waals surface area contributed by atoms with E-state index in [1.54, 1.807) is 6.07 Å². The molecule has 0 saturated carbocycles. The minimum Gasteiger partial charge on any atom is -0.493 e. The van der Waals surface area contributed by atoms with E-state index in [0.717, 1.165) is 16.2 Å². The third kappa shape index (κ3) is 7.35. The standard InChI is InChI=1S/C24H24ClNO5S/c1-16-12-20(8-9-22(16)32-15-23(27)28)29-11-10-17(2)30-24-21(13-18(25)14-26-24)31-19-6-4-3-5-7-19/h3-9,12-14,17H,10-11,15H2,1-2H3,(H,27,28)/t17-/m1/s1. The average Bonchev–Trinajstić information content (AvgIpc) is 2.76. The summed E-state index contributed by atoms with van der Waals surface area (Å²) in [5.41, 5.74) is 0.978. The van der Waals surface area contributed by atoms with E-state index in [1.807, 2.05) is 62.4 Å². The minimum absolute atomic E-state index is 0.0323. The Bertz CT molecular complexity index is 1050. The van der Waals surface area contributed by atoms with E-state index >= 15 is 0 Å². The molecule has 32 heavy (non-hydrogen) atoms. The molecule has 0 saturated heterocycles. The van der Waals surface area contributed by atoms with Crippen LogP contribution in [0, 0.1) is 6.92 Å². The third-order valence-corrected chi connectivity index (χ3v) is 5.73. The number of pyridine rings is 1. The summed E-state index contributed by atoms with van der Waals surface area (Å²) in [5, 5.41) is 9.28. The summed E-state index contributed by atoms with van der Waals surface area (Å²) in [6.07, 6.45) is 1.97. The number of para-hydroxylation sites is 1. The van der Waals surface area contributed by atoms with E-state index in [1.165, 1.54) is 18.0 Å². The molecule has 1 N–H and O–H groups in total. The van der Waals surface area contributed by atoms with Crippen LogP contribution in [0.1, 0.15) is 18.9 Å². The number of ether oxygens (including phenoxy) is 3. The van der Waals surface area contributed by atoms with Crippen molar-refractivity contribution >= 4 is 29.3 Å². The van der Waals surface area contributed by atoms with Crippen LogP contribution in [0.15, 0.2) is 65.7 Å². The molecule has 0 aliphatic rings. The Balaban J connectivity index is 1.53. The predicted molar refractivity (Wildman–Crippen MR) is 126 cm³/mol. The Kier molecular flexibility index (Phi) is 8.64. The van der Waals surface area contributed by atoms with Gasteiger partial charge in [0.1, 0.15) is 17.6 Å². The maximum absolute atomic E-state index is 10.7. The second-order valence-corrected chi connectivity index (χ2v) is 8.50. The molecule has 8 heteroatoms. The van der Waals surface area contributed by atoms with Gasteiger partial charge >= 0.3 is 5.97 Å². The van der Waals surface area contributed by atoms with Crippen molar-refractivity contribution in [2.45, 2.75) is 31.3 Å².